The van der Waals surface area contributed by atoms with E-state index in [9.17, 15) is 9.59 Å². The molecule has 0 saturated heterocycles. The standard InChI is InChI=1S/C16H15N3O3S/c1-8(2)15-18-19-16(23-15)17-14(21)12-7-11(20)10-6-4-5-9(3)13(10)22-12/h4-8H,1-3H3,(H,17,19,21). The average Bonchev–Trinajstić information content (AvgIpc) is 2.97. The van der Waals surface area contributed by atoms with Crippen molar-refractivity contribution in [1.82, 2.24) is 10.2 Å². The summed E-state index contributed by atoms with van der Waals surface area (Å²) in [6.45, 7) is 5.82. The number of hydrogen-bond acceptors (Lipinski definition) is 6. The summed E-state index contributed by atoms with van der Waals surface area (Å²) in [6, 6.07) is 6.48. The lowest BCUT2D eigenvalue weighted by molar-refractivity contribution is 0.0997. The number of carbonyl (C=O) groups is 1. The van der Waals surface area contributed by atoms with Crippen molar-refractivity contribution in [2.75, 3.05) is 5.32 Å². The van der Waals surface area contributed by atoms with Gasteiger partial charge in [0.2, 0.25) is 5.13 Å². The lowest BCUT2D eigenvalue weighted by atomic mass is 10.1. The van der Waals surface area contributed by atoms with Gasteiger partial charge in [0.25, 0.3) is 5.91 Å². The van der Waals surface area contributed by atoms with E-state index in [1.807, 2.05) is 26.8 Å². The first-order chi connectivity index (χ1) is 11.0. The Labute approximate surface area is 136 Å². The van der Waals surface area contributed by atoms with Crippen molar-refractivity contribution in [3.8, 4) is 0 Å². The van der Waals surface area contributed by atoms with Gasteiger partial charge in [-0.1, -0.05) is 37.3 Å². The van der Waals surface area contributed by atoms with Crippen molar-refractivity contribution in [2.45, 2.75) is 26.7 Å². The summed E-state index contributed by atoms with van der Waals surface area (Å²) in [7, 11) is 0. The van der Waals surface area contributed by atoms with Crippen LogP contribution in [0.1, 0.15) is 40.9 Å². The highest BCUT2D eigenvalue weighted by Crippen LogP contribution is 2.23. The Morgan fingerprint density at radius 3 is 2.78 bits per heavy atom. The maximum absolute atomic E-state index is 12.3. The molecule has 2 heterocycles. The van der Waals surface area contributed by atoms with E-state index in [4.69, 9.17) is 4.42 Å². The molecule has 7 heteroatoms. The molecule has 118 valence electrons. The van der Waals surface area contributed by atoms with Gasteiger partial charge < -0.3 is 4.42 Å². The number of aryl methyl sites for hydroxylation is 1. The van der Waals surface area contributed by atoms with Crippen LogP contribution in [0.4, 0.5) is 5.13 Å². The third-order valence-electron chi connectivity index (χ3n) is 3.33. The van der Waals surface area contributed by atoms with Crippen molar-refractivity contribution in [3.05, 3.63) is 50.8 Å². The molecule has 0 saturated carbocycles. The van der Waals surface area contributed by atoms with Crippen LogP contribution in [0, 0.1) is 6.92 Å². The van der Waals surface area contributed by atoms with E-state index < -0.39 is 5.91 Å². The van der Waals surface area contributed by atoms with Crippen molar-refractivity contribution in [1.29, 1.82) is 0 Å². The fourth-order valence-corrected chi connectivity index (χ4v) is 2.85. The van der Waals surface area contributed by atoms with Crippen molar-refractivity contribution in [3.63, 3.8) is 0 Å². The summed E-state index contributed by atoms with van der Waals surface area (Å²) < 4.78 is 5.61. The predicted octanol–water partition coefficient (Wildman–Crippen LogP) is 3.33. The first-order valence-corrected chi connectivity index (χ1v) is 7.95. The number of nitrogens with one attached hydrogen (secondary N) is 1. The SMILES string of the molecule is Cc1cccc2c(=O)cc(C(=O)Nc3nnc(C(C)C)s3)oc12. The van der Waals surface area contributed by atoms with Crippen LogP contribution in [0.3, 0.4) is 0 Å². The van der Waals surface area contributed by atoms with E-state index in [1.54, 1.807) is 12.1 Å². The first kappa shape index (κ1) is 15.4. The molecule has 0 aliphatic heterocycles. The molecule has 0 radical (unpaired) electrons. The highest BCUT2D eigenvalue weighted by atomic mass is 32.1. The predicted molar refractivity (Wildman–Crippen MR) is 89.2 cm³/mol. The smallest absolute Gasteiger partial charge is 0.293 e. The fourth-order valence-electron chi connectivity index (χ4n) is 2.11. The molecule has 0 aliphatic carbocycles. The monoisotopic (exact) mass is 329 g/mol. The second-order valence-electron chi connectivity index (χ2n) is 5.48. The van der Waals surface area contributed by atoms with Gasteiger partial charge in [0, 0.05) is 12.0 Å². The molecule has 0 atom stereocenters. The first-order valence-electron chi connectivity index (χ1n) is 7.14. The zero-order valence-corrected chi connectivity index (χ0v) is 13.7. The molecule has 23 heavy (non-hydrogen) atoms. The summed E-state index contributed by atoms with van der Waals surface area (Å²) in [5.74, 6) is -0.323. The number of amides is 1. The zero-order chi connectivity index (χ0) is 16.6. The quantitative estimate of drug-likeness (QED) is 0.796. The number of carbonyl (C=O) groups excluding carboxylic acids is 1. The van der Waals surface area contributed by atoms with Crippen LogP contribution in [0.25, 0.3) is 11.0 Å². The van der Waals surface area contributed by atoms with Crippen LogP contribution in [-0.2, 0) is 0 Å². The lowest BCUT2D eigenvalue weighted by Crippen LogP contribution is -2.15. The molecule has 1 N–H and O–H groups in total. The number of benzene rings is 1. The molecule has 6 nitrogen and oxygen atoms in total. The Balaban J connectivity index is 1.94. The number of rotatable bonds is 3. The molecule has 1 aromatic carbocycles. The molecular weight excluding hydrogens is 314 g/mol. The Morgan fingerprint density at radius 1 is 1.30 bits per heavy atom. The van der Waals surface area contributed by atoms with Gasteiger partial charge in [0.1, 0.15) is 10.6 Å². The fraction of sp³-hybridized carbons (Fsp3) is 0.250. The lowest BCUT2D eigenvalue weighted by Gasteiger charge is -2.04. The third-order valence-corrected chi connectivity index (χ3v) is 4.47. The Kier molecular flexibility index (Phi) is 3.96. The van der Waals surface area contributed by atoms with Crippen LogP contribution in [0.5, 0.6) is 0 Å². The molecule has 0 fully saturated rings. The number of fused-ring (bicyclic) bond motifs is 1. The van der Waals surface area contributed by atoms with Gasteiger partial charge >= 0.3 is 0 Å². The van der Waals surface area contributed by atoms with Gasteiger partial charge in [0.15, 0.2) is 11.2 Å². The number of hydrogen-bond donors (Lipinski definition) is 1. The number of nitrogens with zero attached hydrogens (tertiary/aromatic N) is 2. The van der Waals surface area contributed by atoms with Gasteiger partial charge in [-0.05, 0) is 18.6 Å². The Bertz CT molecular complexity index is 943. The molecule has 2 aromatic heterocycles. The highest BCUT2D eigenvalue weighted by Gasteiger charge is 2.16. The molecule has 0 aliphatic rings. The van der Waals surface area contributed by atoms with Gasteiger partial charge in [0.05, 0.1) is 5.39 Å². The Hall–Kier alpha value is -2.54. The van der Waals surface area contributed by atoms with Crippen molar-refractivity contribution < 1.29 is 9.21 Å². The third kappa shape index (κ3) is 3.00. The van der Waals surface area contributed by atoms with E-state index in [1.165, 1.54) is 17.4 Å². The zero-order valence-electron chi connectivity index (χ0n) is 12.9. The van der Waals surface area contributed by atoms with E-state index in [-0.39, 0.29) is 17.1 Å². The summed E-state index contributed by atoms with van der Waals surface area (Å²) >= 11 is 1.30. The van der Waals surface area contributed by atoms with Gasteiger partial charge in [-0.3, -0.25) is 14.9 Å². The van der Waals surface area contributed by atoms with Crippen LogP contribution >= 0.6 is 11.3 Å². The summed E-state index contributed by atoms with van der Waals surface area (Å²) in [5.41, 5.74) is 0.970. The second kappa shape index (κ2) is 5.92. The largest absolute Gasteiger partial charge is 0.450 e. The van der Waals surface area contributed by atoms with Gasteiger partial charge in [-0.15, -0.1) is 10.2 Å². The van der Waals surface area contributed by atoms with Crippen LogP contribution < -0.4 is 10.7 Å². The maximum Gasteiger partial charge on any atom is 0.293 e. The Morgan fingerprint density at radius 2 is 2.09 bits per heavy atom. The van der Waals surface area contributed by atoms with E-state index >= 15 is 0 Å². The molecule has 0 unspecified atom stereocenters. The number of anilines is 1. The topological polar surface area (TPSA) is 85.1 Å². The molecule has 0 spiro atoms. The van der Waals surface area contributed by atoms with Crippen LogP contribution in [0.15, 0.2) is 33.5 Å². The minimum atomic E-state index is -0.515. The van der Waals surface area contributed by atoms with E-state index in [0.29, 0.717) is 16.1 Å². The van der Waals surface area contributed by atoms with Crippen LogP contribution in [0.2, 0.25) is 0 Å². The maximum atomic E-state index is 12.3. The van der Waals surface area contributed by atoms with Crippen LogP contribution in [-0.4, -0.2) is 16.1 Å². The van der Waals surface area contributed by atoms with E-state index in [0.717, 1.165) is 10.6 Å². The summed E-state index contributed by atoms with van der Waals surface area (Å²) in [4.78, 5) is 24.4. The number of aromatic nitrogens is 2. The molecular formula is C16H15N3O3S. The summed E-state index contributed by atoms with van der Waals surface area (Å²) in [5, 5.41) is 12.2. The molecule has 3 rings (SSSR count). The molecule has 0 bridgehead atoms. The molecule has 3 aromatic rings. The van der Waals surface area contributed by atoms with Gasteiger partial charge in [-0.25, -0.2) is 0 Å². The second-order valence-corrected chi connectivity index (χ2v) is 6.49. The molecule has 1 amide bonds. The minimum absolute atomic E-state index is 0.0434. The van der Waals surface area contributed by atoms with Gasteiger partial charge in [-0.2, -0.15) is 0 Å². The summed E-state index contributed by atoms with van der Waals surface area (Å²) in [6.07, 6.45) is 0. The highest BCUT2D eigenvalue weighted by molar-refractivity contribution is 7.15. The minimum Gasteiger partial charge on any atom is -0.450 e. The van der Waals surface area contributed by atoms with E-state index in [2.05, 4.69) is 15.5 Å². The number of para-hydroxylation sites is 1. The normalized spacial score (nSPS) is 11.1. The average molecular weight is 329 g/mol. The van der Waals surface area contributed by atoms with Crippen molar-refractivity contribution in [2.24, 2.45) is 0 Å². The van der Waals surface area contributed by atoms with Crippen molar-refractivity contribution >= 4 is 33.3 Å².